The van der Waals surface area contributed by atoms with Crippen molar-refractivity contribution < 1.29 is 18.7 Å². The first kappa shape index (κ1) is 19.4. The number of furan rings is 1. The third kappa shape index (κ3) is 4.54. The van der Waals surface area contributed by atoms with E-state index in [1.165, 1.54) is 32.1 Å². The molecule has 1 aromatic carbocycles. The number of carbonyl (C=O) groups is 2. The van der Waals surface area contributed by atoms with Crippen LogP contribution in [0.15, 0.2) is 28.7 Å². The molecular weight excluding hydrogens is 374 g/mol. The lowest BCUT2D eigenvalue weighted by atomic mass is 10.0. The molecule has 5 nitrogen and oxygen atoms in total. The van der Waals surface area contributed by atoms with E-state index >= 15 is 0 Å². The van der Waals surface area contributed by atoms with Crippen LogP contribution in [0.25, 0.3) is 11.0 Å². The van der Waals surface area contributed by atoms with E-state index in [9.17, 15) is 9.59 Å². The summed E-state index contributed by atoms with van der Waals surface area (Å²) >= 11 is 1.90. The first-order chi connectivity index (χ1) is 13.6. The van der Waals surface area contributed by atoms with Crippen LogP contribution in [0.3, 0.4) is 0 Å². The van der Waals surface area contributed by atoms with E-state index in [0.717, 1.165) is 29.5 Å². The van der Waals surface area contributed by atoms with Gasteiger partial charge in [0.1, 0.15) is 5.58 Å². The highest BCUT2D eigenvalue weighted by atomic mass is 32.2. The highest BCUT2D eigenvalue weighted by Gasteiger charge is 2.29. The van der Waals surface area contributed by atoms with Gasteiger partial charge in [-0.05, 0) is 38.7 Å². The third-order valence-corrected chi connectivity index (χ3v) is 6.87. The number of ether oxygens (including phenoxy) is 1. The number of thioether (sulfide) groups is 1. The third-order valence-electron chi connectivity index (χ3n) is 5.48. The average molecular weight is 402 g/mol. The molecule has 0 radical (unpaired) electrons. The minimum absolute atomic E-state index is 0.232. The Morgan fingerprint density at radius 3 is 2.68 bits per heavy atom. The smallest absolute Gasteiger partial charge is 0.375 e. The molecule has 0 aliphatic heterocycles. The Labute approximate surface area is 169 Å². The van der Waals surface area contributed by atoms with E-state index in [0.29, 0.717) is 10.8 Å². The number of fused-ring (bicyclic) bond motifs is 1. The summed E-state index contributed by atoms with van der Waals surface area (Å²) in [5.74, 6) is 0.143. The first-order valence-corrected chi connectivity index (χ1v) is 11.3. The summed E-state index contributed by atoms with van der Waals surface area (Å²) in [6.45, 7) is 1.61. The Bertz CT molecular complexity index is 851. The van der Waals surface area contributed by atoms with Gasteiger partial charge in [0, 0.05) is 28.0 Å². The van der Waals surface area contributed by atoms with E-state index < -0.39 is 12.1 Å². The average Bonchev–Trinajstić information content (AvgIpc) is 3.45. The van der Waals surface area contributed by atoms with Crippen molar-refractivity contribution in [2.45, 2.75) is 75.0 Å². The summed E-state index contributed by atoms with van der Waals surface area (Å²) in [6.07, 6.45) is 7.52. The number of amides is 1. The molecular formula is C22H27NO4S. The summed E-state index contributed by atoms with van der Waals surface area (Å²) < 4.78 is 11.3. The SMILES string of the molecule is C[C@@H](OC(=O)c1oc2ccccc2c1CSC1CCCCC1)C(=O)NC1CC1. The lowest BCUT2D eigenvalue weighted by Gasteiger charge is -2.20. The van der Waals surface area contributed by atoms with Gasteiger partial charge in [-0.2, -0.15) is 11.8 Å². The second-order valence-corrected chi connectivity index (χ2v) is 9.10. The van der Waals surface area contributed by atoms with Gasteiger partial charge in [-0.1, -0.05) is 37.5 Å². The molecule has 2 fully saturated rings. The van der Waals surface area contributed by atoms with E-state index in [-0.39, 0.29) is 17.7 Å². The van der Waals surface area contributed by atoms with Gasteiger partial charge >= 0.3 is 5.97 Å². The molecule has 1 heterocycles. The number of nitrogens with one attached hydrogen (secondary N) is 1. The topological polar surface area (TPSA) is 68.5 Å². The Kier molecular flexibility index (Phi) is 5.95. The fourth-order valence-electron chi connectivity index (χ4n) is 3.65. The Morgan fingerprint density at radius 1 is 1.18 bits per heavy atom. The standard InChI is InChI=1S/C22H27NO4S/c1-14(21(24)23-15-11-12-15)26-22(25)20-18(13-28-16-7-3-2-4-8-16)17-9-5-6-10-19(17)27-20/h5-6,9-10,14-16H,2-4,7-8,11-13H2,1H3,(H,23,24)/t14-/m1/s1. The van der Waals surface area contributed by atoms with Crippen LogP contribution in [0.4, 0.5) is 0 Å². The van der Waals surface area contributed by atoms with Crippen LogP contribution >= 0.6 is 11.8 Å². The number of esters is 1. The van der Waals surface area contributed by atoms with Crippen molar-refractivity contribution in [3.8, 4) is 0 Å². The van der Waals surface area contributed by atoms with Crippen molar-refractivity contribution >= 4 is 34.6 Å². The molecule has 4 rings (SSSR count). The lowest BCUT2D eigenvalue weighted by Crippen LogP contribution is -2.37. The van der Waals surface area contributed by atoms with Crippen LogP contribution in [0, 0.1) is 0 Å². The summed E-state index contributed by atoms with van der Waals surface area (Å²) in [7, 11) is 0. The Morgan fingerprint density at radius 2 is 1.93 bits per heavy atom. The molecule has 1 amide bonds. The van der Waals surface area contributed by atoms with Gasteiger partial charge in [0.25, 0.3) is 5.91 Å². The van der Waals surface area contributed by atoms with E-state index in [2.05, 4.69) is 5.32 Å². The second-order valence-electron chi connectivity index (χ2n) is 7.81. The largest absolute Gasteiger partial charge is 0.449 e. The van der Waals surface area contributed by atoms with E-state index in [1.54, 1.807) is 6.92 Å². The zero-order valence-electron chi connectivity index (χ0n) is 16.2. The molecule has 1 atom stereocenters. The minimum atomic E-state index is -0.833. The van der Waals surface area contributed by atoms with E-state index in [1.807, 2.05) is 36.0 Å². The summed E-state index contributed by atoms with van der Waals surface area (Å²) in [6, 6.07) is 7.93. The predicted octanol–water partition coefficient (Wildman–Crippen LogP) is 4.82. The maximum atomic E-state index is 12.8. The molecule has 1 N–H and O–H groups in total. The molecule has 0 spiro atoms. The van der Waals surface area contributed by atoms with Gasteiger partial charge in [0.15, 0.2) is 6.10 Å². The summed E-state index contributed by atoms with van der Waals surface area (Å²) in [5, 5.41) is 4.45. The summed E-state index contributed by atoms with van der Waals surface area (Å²) in [5.41, 5.74) is 1.56. The van der Waals surface area contributed by atoms with Gasteiger partial charge in [-0.3, -0.25) is 4.79 Å². The fraction of sp³-hybridized carbons (Fsp3) is 0.545. The van der Waals surface area contributed by atoms with Crippen molar-refractivity contribution in [1.82, 2.24) is 5.32 Å². The van der Waals surface area contributed by atoms with Gasteiger partial charge in [-0.15, -0.1) is 0 Å². The van der Waals surface area contributed by atoms with Crippen molar-refractivity contribution in [2.24, 2.45) is 0 Å². The van der Waals surface area contributed by atoms with Gasteiger partial charge in [0.05, 0.1) is 0 Å². The van der Waals surface area contributed by atoms with Gasteiger partial charge < -0.3 is 14.5 Å². The molecule has 0 unspecified atom stereocenters. The summed E-state index contributed by atoms with van der Waals surface area (Å²) in [4.78, 5) is 24.9. The molecule has 0 bridgehead atoms. The maximum Gasteiger partial charge on any atom is 0.375 e. The Balaban J connectivity index is 1.49. The highest BCUT2D eigenvalue weighted by Crippen LogP contribution is 2.35. The highest BCUT2D eigenvalue weighted by molar-refractivity contribution is 7.99. The maximum absolute atomic E-state index is 12.8. The van der Waals surface area contributed by atoms with Gasteiger partial charge in [0.2, 0.25) is 5.76 Å². The number of hydrogen-bond acceptors (Lipinski definition) is 5. The molecule has 2 saturated carbocycles. The van der Waals surface area contributed by atoms with Gasteiger partial charge in [-0.25, -0.2) is 4.79 Å². The molecule has 1 aromatic heterocycles. The van der Waals surface area contributed by atoms with Crippen molar-refractivity contribution in [1.29, 1.82) is 0 Å². The normalized spacial score (nSPS) is 18.8. The lowest BCUT2D eigenvalue weighted by molar-refractivity contribution is -0.129. The zero-order valence-corrected chi connectivity index (χ0v) is 17.1. The quantitative estimate of drug-likeness (QED) is 0.674. The first-order valence-electron chi connectivity index (χ1n) is 10.2. The predicted molar refractivity (Wildman–Crippen MR) is 110 cm³/mol. The Hall–Kier alpha value is -1.95. The van der Waals surface area contributed by atoms with Crippen LogP contribution in [-0.2, 0) is 15.3 Å². The van der Waals surface area contributed by atoms with Crippen molar-refractivity contribution in [3.05, 3.63) is 35.6 Å². The molecule has 2 aromatic rings. The molecule has 0 saturated heterocycles. The molecule has 2 aliphatic carbocycles. The van der Waals surface area contributed by atoms with Crippen LogP contribution in [-0.4, -0.2) is 29.3 Å². The monoisotopic (exact) mass is 401 g/mol. The van der Waals surface area contributed by atoms with E-state index in [4.69, 9.17) is 9.15 Å². The number of carbonyl (C=O) groups excluding carboxylic acids is 2. The minimum Gasteiger partial charge on any atom is -0.449 e. The zero-order chi connectivity index (χ0) is 19.5. The van der Waals surface area contributed by atoms with Crippen molar-refractivity contribution in [3.63, 3.8) is 0 Å². The molecule has 6 heteroatoms. The van der Waals surface area contributed by atoms with Crippen LogP contribution in [0.1, 0.15) is 68.0 Å². The van der Waals surface area contributed by atoms with Crippen LogP contribution < -0.4 is 5.32 Å². The number of rotatable bonds is 7. The number of hydrogen-bond donors (Lipinski definition) is 1. The number of para-hydroxylation sites is 1. The van der Waals surface area contributed by atoms with Crippen molar-refractivity contribution in [2.75, 3.05) is 0 Å². The molecule has 28 heavy (non-hydrogen) atoms. The second kappa shape index (κ2) is 8.60. The van der Waals surface area contributed by atoms with Crippen LogP contribution in [0.5, 0.6) is 0 Å². The number of benzene rings is 1. The van der Waals surface area contributed by atoms with Crippen LogP contribution in [0.2, 0.25) is 0 Å². The fourth-order valence-corrected chi connectivity index (χ4v) is 5.01. The molecule has 150 valence electrons. The molecule has 2 aliphatic rings.